The Morgan fingerprint density at radius 3 is 2.00 bits per heavy atom. The van der Waals surface area contributed by atoms with Gasteiger partial charge in [0.1, 0.15) is 0 Å². The lowest BCUT2D eigenvalue weighted by atomic mass is 9.42. The van der Waals surface area contributed by atoms with Gasteiger partial charge in [0.25, 0.3) is 0 Å². The number of hydrogen-bond acceptors (Lipinski definition) is 0. The lowest BCUT2D eigenvalue weighted by molar-refractivity contribution is 2.28. The van der Waals surface area contributed by atoms with E-state index in [1.807, 2.05) is 0 Å². The van der Waals surface area contributed by atoms with E-state index in [4.69, 9.17) is 0 Å². The van der Waals surface area contributed by atoms with E-state index in [1.54, 1.807) is 0 Å². The van der Waals surface area contributed by atoms with E-state index in [9.17, 15) is 0 Å². The van der Waals surface area contributed by atoms with Gasteiger partial charge in [-0.15, -0.1) is 0 Å². The molecular formula is C2H6B2I. The molecule has 0 saturated carbocycles. The largest absolute Gasteiger partial charge is 0.173 e. The maximum atomic E-state index is 2.35. The molecule has 0 aromatic rings. The monoisotopic (exact) mass is 179 g/mol. The van der Waals surface area contributed by atoms with Gasteiger partial charge in [-0.1, -0.05) is 13.6 Å². The first-order chi connectivity index (χ1) is 2.27. The maximum Gasteiger partial charge on any atom is 0.173 e. The van der Waals surface area contributed by atoms with Crippen molar-refractivity contribution >= 4 is 34.0 Å². The van der Waals surface area contributed by atoms with Gasteiger partial charge >= 0.3 is 0 Å². The summed E-state index contributed by atoms with van der Waals surface area (Å²) in [7, 11) is 2.15. The molecule has 0 nitrogen and oxygen atoms in total. The predicted molar refractivity (Wildman–Crippen MR) is 37.3 cm³/mol. The summed E-state index contributed by atoms with van der Waals surface area (Å²) in [5.74, 6) is 0. The maximum absolute atomic E-state index is 2.35. The van der Waals surface area contributed by atoms with Crippen LogP contribution in [0, 0.1) is 0 Å². The zero-order valence-electron chi connectivity index (χ0n) is 3.53. The molecule has 0 N–H and O–H groups in total. The number of halogens is 1. The summed E-state index contributed by atoms with van der Waals surface area (Å²) >= 11 is 2.35. The van der Waals surface area contributed by atoms with Gasteiger partial charge in [-0.3, -0.25) is 0 Å². The van der Waals surface area contributed by atoms with Crippen molar-refractivity contribution in [3.8, 4) is 0 Å². The Kier molecular flexibility index (Phi) is 3.59. The third kappa shape index (κ3) is 4.86. The Hall–Kier alpha value is 0.860. The molecule has 0 aliphatic heterocycles. The molecule has 0 atom stereocenters. The molecule has 1 radical (unpaired) electrons. The van der Waals surface area contributed by atoms with E-state index in [0.717, 1.165) is 4.46 Å². The van der Waals surface area contributed by atoms with Crippen LogP contribution < -0.4 is 0 Å². The molecule has 0 heterocycles. The summed E-state index contributed by atoms with van der Waals surface area (Å²) in [6.45, 7) is 4.22. The molecule has 0 bridgehead atoms. The van der Waals surface area contributed by atoms with E-state index < -0.39 is 0 Å². The minimum atomic E-state index is 0.729. The van der Waals surface area contributed by atoms with Crippen LogP contribution in [0.5, 0.6) is 0 Å². The van der Waals surface area contributed by atoms with Crippen LogP contribution in [0.1, 0.15) is 0 Å². The summed E-state index contributed by atoms with van der Waals surface area (Å²) in [4.78, 5) is 0. The first-order valence-corrected chi connectivity index (χ1v) is 2.95. The highest BCUT2D eigenvalue weighted by Gasteiger charge is 1.91. The first kappa shape index (κ1) is 5.86. The van der Waals surface area contributed by atoms with Gasteiger partial charge in [0.2, 0.25) is 0 Å². The lowest BCUT2D eigenvalue weighted by Crippen LogP contribution is -2.02. The van der Waals surface area contributed by atoms with Crippen LogP contribution in [0.25, 0.3) is 0 Å². The molecule has 0 aliphatic carbocycles. The van der Waals surface area contributed by atoms with Crippen molar-refractivity contribution in [1.82, 2.24) is 0 Å². The Balaban J connectivity index is 2.54. The standard InChI is InChI=1S/C2H6B2I/c1-3-4(2)5/h1-2H3. The minimum absolute atomic E-state index is 0.729. The van der Waals surface area contributed by atoms with E-state index in [1.165, 1.54) is 0 Å². The SMILES string of the molecule is C[B]B(C)I. The van der Waals surface area contributed by atoms with Gasteiger partial charge in [0.15, 0.2) is 4.46 Å². The smallest absolute Gasteiger partial charge is 0.161 e. The van der Waals surface area contributed by atoms with Crippen LogP contribution in [0.2, 0.25) is 13.6 Å². The molecule has 27 valence electrons. The van der Waals surface area contributed by atoms with Crippen molar-refractivity contribution in [2.45, 2.75) is 13.6 Å². The highest BCUT2D eigenvalue weighted by molar-refractivity contribution is 14.1. The summed E-state index contributed by atoms with van der Waals surface area (Å²) in [6, 6.07) is 0. The van der Waals surface area contributed by atoms with Crippen LogP contribution in [0.3, 0.4) is 0 Å². The summed E-state index contributed by atoms with van der Waals surface area (Å²) in [5, 5.41) is 0. The van der Waals surface area contributed by atoms with Crippen LogP contribution in [0.15, 0.2) is 0 Å². The van der Waals surface area contributed by atoms with E-state index in [0.29, 0.717) is 0 Å². The molecule has 0 rings (SSSR count). The van der Waals surface area contributed by atoms with Crippen molar-refractivity contribution in [2.75, 3.05) is 0 Å². The fourth-order valence-electron chi connectivity index (χ4n) is 0. The van der Waals surface area contributed by atoms with Crippen LogP contribution in [-0.4, -0.2) is 11.6 Å². The van der Waals surface area contributed by atoms with Crippen LogP contribution >= 0.6 is 22.4 Å². The predicted octanol–water partition coefficient (Wildman–Crippen LogP) is 1.29. The molecule has 0 fully saturated rings. The Bertz CT molecular complexity index is 21.6. The van der Waals surface area contributed by atoms with Crippen molar-refractivity contribution < 1.29 is 0 Å². The van der Waals surface area contributed by atoms with Gasteiger partial charge < -0.3 is 0 Å². The third-order valence-electron chi connectivity index (χ3n) is 0.459. The second-order valence-corrected chi connectivity index (χ2v) is 2.98. The fourth-order valence-corrected chi connectivity index (χ4v) is 0. The molecule has 0 spiro atoms. The lowest BCUT2D eigenvalue weighted by Gasteiger charge is -1.79. The Labute approximate surface area is 47.9 Å². The van der Waals surface area contributed by atoms with Gasteiger partial charge in [-0.2, -0.15) is 22.4 Å². The molecule has 0 aromatic heterocycles. The summed E-state index contributed by atoms with van der Waals surface area (Å²) in [5.41, 5.74) is 0. The molecule has 5 heavy (non-hydrogen) atoms. The van der Waals surface area contributed by atoms with E-state index >= 15 is 0 Å². The van der Waals surface area contributed by atoms with Crippen molar-refractivity contribution in [2.24, 2.45) is 0 Å². The highest BCUT2D eigenvalue weighted by atomic mass is 127. The third-order valence-corrected chi connectivity index (χ3v) is 1.18. The van der Waals surface area contributed by atoms with Gasteiger partial charge in [0, 0.05) is 0 Å². The van der Waals surface area contributed by atoms with Gasteiger partial charge in [0.05, 0.1) is 7.17 Å². The van der Waals surface area contributed by atoms with Crippen molar-refractivity contribution in [1.29, 1.82) is 0 Å². The average molecular weight is 179 g/mol. The topological polar surface area (TPSA) is 0 Å². The Morgan fingerprint density at radius 2 is 2.00 bits per heavy atom. The molecule has 0 aliphatic rings. The van der Waals surface area contributed by atoms with Crippen LogP contribution in [0.4, 0.5) is 0 Å². The van der Waals surface area contributed by atoms with Crippen LogP contribution in [-0.2, 0) is 0 Å². The van der Waals surface area contributed by atoms with E-state index in [-0.39, 0.29) is 0 Å². The average Bonchev–Trinajstić information content (AvgIpc) is 1.38. The number of hydrogen-bond donors (Lipinski definition) is 0. The minimum Gasteiger partial charge on any atom is -0.161 e. The molecule has 0 amide bonds. The van der Waals surface area contributed by atoms with Gasteiger partial charge in [-0.05, 0) is 0 Å². The van der Waals surface area contributed by atoms with Crippen molar-refractivity contribution in [3.05, 3.63) is 0 Å². The van der Waals surface area contributed by atoms with Crippen molar-refractivity contribution in [3.63, 3.8) is 0 Å². The molecule has 0 aromatic carbocycles. The van der Waals surface area contributed by atoms with E-state index in [2.05, 4.69) is 43.2 Å². The second-order valence-electron chi connectivity index (χ2n) is 1.01. The summed E-state index contributed by atoms with van der Waals surface area (Å²) < 4.78 is 0.729. The summed E-state index contributed by atoms with van der Waals surface area (Å²) in [6.07, 6.45) is 0. The molecular weight excluding hydrogens is 173 g/mol. The van der Waals surface area contributed by atoms with Gasteiger partial charge in [-0.25, -0.2) is 0 Å². The normalized spacial score (nSPS) is 7.00. The first-order valence-electron chi connectivity index (χ1n) is 1.71. The second kappa shape index (κ2) is 3.07. The zero-order valence-corrected chi connectivity index (χ0v) is 5.69. The fraction of sp³-hybridized carbons (Fsp3) is 1.00. The zero-order chi connectivity index (χ0) is 4.28. The quantitative estimate of drug-likeness (QED) is 0.419. The molecule has 0 saturated heterocycles. The highest BCUT2D eigenvalue weighted by Crippen LogP contribution is 1.86. The Morgan fingerprint density at radius 1 is 1.80 bits per heavy atom. The number of rotatable bonds is 1. The molecule has 3 heteroatoms. The molecule has 0 unspecified atom stereocenters.